The number of alkyl halides is 3. The van der Waals surface area contributed by atoms with Crippen LogP contribution in [0.25, 0.3) is 0 Å². The number of ketones is 1. The van der Waals surface area contributed by atoms with Gasteiger partial charge < -0.3 is 4.84 Å². The minimum Gasteiger partial charge on any atom is -0.384 e. The van der Waals surface area contributed by atoms with Gasteiger partial charge in [-0.2, -0.15) is 17.5 Å². The standard InChI is InChI=1S/C24H23ClF4N2O4S/c1-13-6-18(22(26)19(25)7-13)23(3)10-20(30-35-23)16-4-5-17(14(2)8-16)21(32)9-15-11-31(12-15)36(33,34)24(27,28)29/h4-8,15H,9-12H2,1-3H3. The molecule has 2 aliphatic rings. The van der Waals surface area contributed by atoms with Crippen LogP contribution in [0.5, 0.6) is 0 Å². The summed E-state index contributed by atoms with van der Waals surface area (Å²) in [6, 6.07) is 8.19. The van der Waals surface area contributed by atoms with Crippen molar-refractivity contribution in [2.75, 3.05) is 13.1 Å². The van der Waals surface area contributed by atoms with Crippen LogP contribution in [0.2, 0.25) is 5.02 Å². The van der Waals surface area contributed by atoms with Crippen molar-refractivity contribution in [3.05, 3.63) is 69.0 Å². The van der Waals surface area contributed by atoms with Gasteiger partial charge in [-0.25, -0.2) is 12.8 Å². The van der Waals surface area contributed by atoms with Crippen LogP contribution in [-0.2, 0) is 20.5 Å². The van der Waals surface area contributed by atoms with Crippen LogP contribution in [0.15, 0.2) is 35.5 Å². The predicted octanol–water partition coefficient (Wildman–Crippen LogP) is 5.49. The molecule has 1 saturated heterocycles. The number of aryl methyl sites for hydroxylation is 2. The number of hydrogen-bond donors (Lipinski definition) is 0. The van der Waals surface area contributed by atoms with Crippen molar-refractivity contribution in [3.8, 4) is 0 Å². The SMILES string of the molecule is Cc1cc(Cl)c(F)c(C2(C)CC(c3ccc(C(=O)CC4CN(S(=O)(=O)C(F)(F)F)C4)c(C)c3)=NO2)c1. The van der Waals surface area contributed by atoms with Gasteiger partial charge in [-0.15, -0.1) is 0 Å². The molecule has 4 rings (SSSR count). The first-order valence-electron chi connectivity index (χ1n) is 11.0. The Bertz CT molecular complexity index is 1370. The molecule has 0 saturated carbocycles. The van der Waals surface area contributed by atoms with Crippen molar-refractivity contribution in [3.63, 3.8) is 0 Å². The molecule has 36 heavy (non-hydrogen) atoms. The topological polar surface area (TPSA) is 76.0 Å². The third kappa shape index (κ3) is 4.76. The molecule has 0 N–H and O–H groups in total. The molecule has 0 radical (unpaired) electrons. The number of Topliss-reactive ketones (excluding diaryl/α,β-unsaturated/α-hetero) is 1. The Kier molecular flexibility index (Phi) is 6.72. The number of oxime groups is 1. The van der Waals surface area contributed by atoms with Crippen LogP contribution in [-0.4, -0.2) is 42.8 Å². The summed E-state index contributed by atoms with van der Waals surface area (Å²) in [7, 11) is -5.37. The summed E-state index contributed by atoms with van der Waals surface area (Å²) in [4.78, 5) is 18.4. The van der Waals surface area contributed by atoms with E-state index in [4.69, 9.17) is 16.4 Å². The number of nitrogens with zero attached hydrogens (tertiary/aromatic N) is 2. The summed E-state index contributed by atoms with van der Waals surface area (Å²) in [5.41, 5.74) is -3.11. The lowest BCUT2D eigenvalue weighted by molar-refractivity contribution is -0.0522. The van der Waals surface area contributed by atoms with E-state index in [1.54, 1.807) is 45.0 Å². The second-order valence-electron chi connectivity index (χ2n) is 9.44. The first-order valence-corrected chi connectivity index (χ1v) is 12.9. The Morgan fingerprint density at radius 1 is 1.22 bits per heavy atom. The van der Waals surface area contributed by atoms with E-state index in [1.165, 1.54) is 6.07 Å². The van der Waals surface area contributed by atoms with E-state index in [2.05, 4.69) is 5.16 Å². The Balaban J connectivity index is 1.43. The van der Waals surface area contributed by atoms with Crippen molar-refractivity contribution in [1.82, 2.24) is 4.31 Å². The lowest BCUT2D eigenvalue weighted by Crippen LogP contribution is -2.54. The van der Waals surface area contributed by atoms with Crippen LogP contribution in [0, 0.1) is 25.6 Å². The van der Waals surface area contributed by atoms with E-state index in [0.717, 1.165) is 5.56 Å². The third-order valence-corrected chi connectivity index (χ3v) is 8.33. The van der Waals surface area contributed by atoms with E-state index in [0.29, 0.717) is 26.7 Å². The average Bonchev–Trinajstić information content (AvgIpc) is 3.14. The molecular weight excluding hydrogens is 524 g/mol. The van der Waals surface area contributed by atoms with Gasteiger partial charge >= 0.3 is 15.5 Å². The second-order valence-corrected chi connectivity index (χ2v) is 11.8. The van der Waals surface area contributed by atoms with Crippen LogP contribution >= 0.6 is 11.6 Å². The van der Waals surface area contributed by atoms with Crippen molar-refractivity contribution < 1.29 is 35.6 Å². The van der Waals surface area contributed by atoms with Crippen LogP contribution in [0.3, 0.4) is 0 Å². The van der Waals surface area contributed by atoms with Crippen molar-refractivity contribution in [1.29, 1.82) is 0 Å². The Hall–Kier alpha value is -2.50. The highest BCUT2D eigenvalue weighted by Gasteiger charge is 2.53. The molecule has 0 bridgehead atoms. The second kappa shape index (κ2) is 9.11. The van der Waals surface area contributed by atoms with Gasteiger partial charge in [0.1, 0.15) is 5.82 Å². The molecule has 0 aromatic heterocycles. The van der Waals surface area contributed by atoms with E-state index in [1.807, 2.05) is 0 Å². The summed E-state index contributed by atoms with van der Waals surface area (Å²) < 4.78 is 75.8. The molecular formula is C24H23ClF4N2O4S. The number of carbonyl (C=O) groups is 1. The maximum atomic E-state index is 14.7. The fraction of sp³-hybridized carbons (Fsp3) is 0.417. The number of rotatable bonds is 6. The van der Waals surface area contributed by atoms with E-state index >= 15 is 0 Å². The zero-order valence-electron chi connectivity index (χ0n) is 19.6. The van der Waals surface area contributed by atoms with Gasteiger partial charge in [0.15, 0.2) is 11.4 Å². The summed E-state index contributed by atoms with van der Waals surface area (Å²) >= 11 is 6.00. The smallest absolute Gasteiger partial charge is 0.384 e. The quantitative estimate of drug-likeness (QED) is 0.355. The van der Waals surface area contributed by atoms with Gasteiger partial charge in [0.05, 0.1) is 10.7 Å². The number of benzene rings is 2. The number of carbonyl (C=O) groups excluding carboxylic acids is 1. The molecule has 2 heterocycles. The molecule has 1 fully saturated rings. The lowest BCUT2D eigenvalue weighted by atomic mass is 9.86. The number of halogens is 5. The van der Waals surface area contributed by atoms with Crippen LogP contribution < -0.4 is 0 Å². The zero-order valence-corrected chi connectivity index (χ0v) is 21.2. The molecule has 0 aliphatic carbocycles. The van der Waals surface area contributed by atoms with Gasteiger partial charge in [-0.1, -0.05) is 28.9 Å². The molecule has 12 heteroatoms. The minimum atomic E-state index is -5.37. The molecule has 1 atom stereocenters. The summed E-state index contributed by atoms with van der Waals surface area (Å²) in [5.74, 6) is -1.35. The maximum Gasteiger partial charge on any atom is 0.511 e. The Labute approximate surface area is 210 Å². The molecule has 2 aliphatic heterocycles. The number of sulfonamides is 1. The van der Waals surface area contributed by atoms with Crippen LogP contribution in [0.4, 0.5) is 17.6 Å². The normalized spacial score (nSPS) is 21.2. The predicted molar refractivity (Wildman–Crippen MR) is 126 cm³/mol. The maximum absolute atomic E-state index is 14.7. The first-order chi connectivity index (χ1) is 16.6. The summed E-state index contributed by atoms with van der Waals surface area (Å²) in [6.45, 7) is 4.52. The monoisotopic (exact) mass is 546 g/mol. The van der Waals surface area contributed by atoms with Gasteiger partial charge in [0.2, 0.25) is 0 Å². The lowest BCUT2D eigenvalue weighted by Gasteiger charge is -2.37. The number of hydrogen-bond acceptors (Lipinski definition) is 5. The molecule has 194 valence electrons. The third-order valence-electron chi connectivity index (χ3n) is 6.49. The highest BCUT2D eigenvalue weighted by Crippen LogP contribution is 2.40. The van der Waals surface area contributed by atoms with Gasteiger partial charge in [-0.05, 0) is 61.6 Å². The minimum absolute atomic E-state index is 0.00688. The Morgan fingerprint density at radius 3 is 2.50 bits per heavy atom. The van der Waals surface area contributed by atoms with E-state index in [-0.39, 0.29) is 42.3 Å². The van der Waals surface area contributed by atoms with Gasteiger partial charge in [0, 0.05) is 37.1 Å². The van der Waals surface area contributed by atoms with E-state index < -0.39 is 32.9 Å². The first kappa shape index (κ1) is 26.6. The van der Waals surface area contributed by atoms with Crippen molar-refractivity contribution in [2.45, 2.75) is 44.7 Å². The fourth-order valence-corrected chi connectivity index (χ4v) is 5.85. The Morgan fingerprint density at radius 2 is 1.89 bits per heavy atom. The van der Waals surface area contributed by atoms with Crippen molar-refractivity contribution in [2.24, 2.45) is 11.1 Å². The average molecular weight is 547 g/mol. The largest absolute Gasteiger partial charge is 0.511 e. The highest BCUT2D eigenvalue weighted by molar-refractivity contribution is 7.90. The zero-order chi connectivity index (χ0) is 26.6. The fourth-order valence-electron chi connectivity index (χ4n) is 4.47. The summed E-state index contributed by atoms with van der Waals surface area (Å²) in [5, 5.41) is 4.13. The molecule has 6 nitrogen and oxygen atoms in total. The van der Waals surface area contributed by atoms with Gasteiger partial charge in [-0.3, -0.25) is 4.79 Å². The molecule has 2 aromatic carbocycles. The molecule has 1 unspecified atom stereocenters. The highest BCUT2D eigenvalue weighted by atomic mass is 35.5. The van der Waals surface area contributed by atoms with Crippen molar-refractivity contribution >= 4 is 33.1 Å². The van der Waals surface area contributed by atoms with E-state index in [9.17, 15) is 30.8 Å². The summed E-state index contributed by atoms with van der Waals surface area (Å²) in [6.07, 6.45) is 0.196. The van der Waals surface area contributed by atoms with Crippen LogP contribution in [0.1, 0.15) is 52.4 Å². The molecule has 0 spiro atoms. The molecule has 0 amide bonds. The molecule has 2 aromatic rings. The van der Waals surface area contributed by atoms with Gasteiger partial charge in [0.25, 0.3) is 0 Å².